The quantitative estimate of drug-likeness (QED) is 0.737. The number of fused-ring (bicyclic) bond motifs is 1. The molecule has 3 fully saturated rings. The fraction of sp³-hybridized carbons (Fsp3) is 0.609. The molecule has 2 saturated heterocycles. The van der Waals surface area contributed by atoms with Crippen LogP contribution >= 0.6 is 0 Å². The minimum absolute atomic E-state index is 0.0820. The Morgan fingerprint density at radius 1 is 1.10 bits per heavy atom. The van der Waals surface area contributed by atoms with Crippen LogP contribution in [0.2, 0.25) is 0 Å². The second-order valence-electron chi connectivity index (χ2n) is 9.49. The van der Waals surface area contributed by atoms with E-state index in [0.29, 0.717) is 24.4 Å². The van der Waals surface area contributed by atoms with Crippen molar-refractivity contribution in [3.8, 4) is 0 Å². The van der Waals surface area contributed by atoms with Crippen molar-refractivity contribution in [1.29, 1.82) is 0 Å². The smallest absolute Gasteiger partial charge is 0.255 e. The molecule has 0 bridgehead atoms. The van der Waals surface area contributed by atoms with E-state index >= 15 is 0 Å². The van der Waals surface area contributed by atoms with Gasteiger partial charge in [-0.2, -0.15) is 0 Å². The topological polar surface area (TPSA) is 95.7 Å². The molecule has 1 saturated carbocycles. The minimum Gasteiger partial charge on any atom is -0.327 e. The molecule has 30 heavy (non-hydrogen) atoms. The predicted octanol–water partition coefficient (Wildman–Crippen LogP) is 1.54. The number of likely N-dealkylation sites (tertiary alicyclic amines) is 1. The molecule has 1 aromatic rings. The van der Waals surface area contributed by atoms with Crippen LogP contribution in [-0.4, -0.2) is 52.7 Å². The van der Waals surface area contributed by atoms with Gasteiger partial charge in [0.05, 0.1) is 0 Å². The largest absolute Gasteiger partial charge is 0.327 e. The Kier molecular flexibility index (Phi) is 4.90. The molecule has 1 aromatic carbocycles. The van der Waals surface area contributed by atoms with Gasteiger partial charge in [-0.05, 0) is 61.7 Å². The molecule has 1 spiro atoms. The molecule has 4 aliphatic rings. The molecular formula is C23H30N4O3. The number of hydrogen-bond donors (Lipinski definition) is 2. The molecule has 160 valence electrons. The molecule has 1 aliphatic carbocycles. The minimum atomic E-state index is -0.561. The average molecular weight is 411 g/mol. The molecule has 5 rings (SSSR count). The van der Waals surface area contributed by atoms with E-state index in [4.69, 9.17) is 5.73 Å². The van der Waals surface area contributed by atoms with Crippen LogP contribution in [0.1, 0.15) is 66.4 Å². The van der Waals surface area contributed by atoms with E-state index in [1.165, 1.54) is 12.8 Å². The van der Waals surface area contributed by atoms with Crippen molar-refractivity contribution < 1.29 is 14.4 Å². The molecule has 3 aliphatic heterocycles. The van der Waals surface area contributed by atoms with Crippen LogP contribution in [0, 0.1) is 5.41 Å². The van der Waals surface area contributed by atoms with Gasteiger partial charge in [-0.1, -0.05) is 24.6 Å². The summed E-state index contributed by atoms with van der Waals surface area (Å²) in [7, 11) is 0. The first kappa shape index (κ1) is 19.7. The highest BCUT2D eigenvalue weighted by Crippen LogP contribution is 2.45. The van der Waals surface area contributed by atoms with E-state index in [-0.39, 0.29) is 24.1 Å². The monoisotopic (exact) mass is 410 g/mol. The lowest BCUT2D eigenvalue weighted by molar-refractivity contribution is -0.136. The fourth-order valence-electron chi connectivity index (χ4n) is 6.01. The van der Waals surface area contributed by atoms with Crippen LogP contribution in [0.3, 0.4) is 0 Å². The molecule has 3 amide bonds. The molecular weight excluding hydrogens is 380 g/mol. The first-order chi connectivity index (χ1) is 14.5. The summed E-state index contributed by atoms with van der Waals surface area (Å²) in [5, 5.41) is 2.37. The Bertz CT molecular complexity index is 890. The highest BCUT2D eigenvalue weighted by atomic mass is 16.2. The van der Waals surface area contributed by atoms with Gasteiger partial charge >= 0.3 is 0 Å². The third-order valence-corrected chi connectivity index (χ3v) is 7.86. The maximum atomic E-state index is 13.3. The highest BCUT2D eigenvalue weighted by Gasteiger charge is 2.43. The number of amides is 3. The van der Waals surface area contributed by atoms with Gasteiger partial charge < -0.3 is 10.6 Å². The van der Waals surface area contributed by atoms with Crippen LogP contribution in [-0.2, 0) is 22.7 Å². The van der Waals surface area contributed by atoms with E-state index in [0.717, 1.165) is 55.6 Å². The summed E-state index contributed by atoms with van der Waals surface area (Å²) in [6.45, 7) is 3.22. The molecule has 0 aromatic heterocycles. The second kappa shape index (κ2) is 7.46. The zero-order chi connectivity index (χ0) is 20.9. The number of imide groups is 1. The highest BCUT2D eigenvalue weighted by molar-refractivity contribution is 6.05. The van der Waals surface area contributed by atoms with Gasteiger partial charge in [-0.15, -0.1) is 0 Å². The lowest BCUT2D eigenvalue weighted by atomic mass is 9.74. The Labute approximate surface area is 177 Å². The number of piperidine rings is 2. The molecule has 0 radical (unpaired) electrons. The van der Waals surface area contributed by atoms with Crippen molar-refractivity contribution in [2.45, 2.75) is 70.1 Å². The fourth-order valence-corrected chi connectivity index (χ4v) is 6.01. The van der Waals surface area contributed by atoms with Gasteiger partial charge in [-0.3, -0.25) is 24.6 Å². The summed E-state index contributed by atoms with van der Waals surface area (Å²) in [6, 6.07) is 5.80. The van der Waals surface area contributed by atoms with Gasteiger partial charge in [0, 0.05) is 31.1 Å². The van der Waals surface area contributed by atoms with E-state index < -0.39 is 6.04 Å². The van der Waals surface area contributed by atoms with Gasteiger partial charge in [-0.25, -0.2) is 0 Å². The van der Waals surface area contributed by atoms with Gasteiger partial charge in [0.15, 0.2) is 0 Å². The third kappa shape index (κ3) is 3.24. The molecule has 2 atom stereocenters. The summed E-state index contributed by atoms with van der Waals surface area (Å²) >= 11 is 0. The Morgan fingerprint density at radius 3 is 2.60 bits per heavy atom. The first-order valence-electron chi connectivity index (χ1n) is 11.2. The zero-order valence-corrected chi connectivity index (χ0v) is 17.4. The maximum Gasteiger partial charge on any atom is 0.255 e. The van der Waals surface area contributed by atoms with Crippen molar-refractivity contribution in [2.75, 3.05) is 13.1 Å². The van der Waals surface area contributed by atoms with E-state index in [9.17, 15) is 14.4 Å². The lowest BCUT2D eigenvalue weighted by Gasteiger charge is -2.42. The first-order valence-corrected chi connectivity index (χ1v) is 11.2. The number of carbonyl (C=O) groups excluding carboxylic acids is 3. The Balaban J connectivity index is 1.30. The van der Waals surface area contributed by atoms with Gasteiger partial charge in [0.1, 0.15) is 6.04 Å². The van der Waals surface area contributed by atoms with Gasteiger partial charge in [0.25, 0.3) is 5.91 Å². The molecule has 7 heteroatoms. The Hall–Kier alpha value is -2.25. The van der Waals surface area contributed by atoms with E-state index in [1.54, 1.807) is 4.90 Å². The van der Waals surface area contributed by atoms with E-state index in [1.807, 2.05) is 18.2 Å². The number of rotatable bonds is 3. The standard InChI is InChI=1S/C23H30N4O3/c24-18-5-2-8-23(18)9-11-26(12-10-23)13-15-3-1-4-16-14-27(22(30)20(15)16)17-6-7-19(28)25-21(17)29/h1,3-4,17-18H,2,5-14,24H2,(H,25,28,29). The molecule has 2 unspecified atom stereocenters. The number of nitrogens with one attached hydrogen (secondary N) is 1. The molecule has 3 N–H and O–H groups in total. The normalized spacial score (nSPS) is 28.8. The van der Waals surface area contributed by atoms with Crippen molar-refractivity contribution in [3.05, 3.63) is 34.9 Å². The maximum absolute atomic E-state index is 13.3. The summed E-state index contributed by atoms with van der Waals surface area (Å²) < 4.78 is 0. The van der Waals surface area contributed by atoms with Crippen LogP contribution in [0.4, 0.5) is 0 Å². The SMILES string of the molecule is NC1CCCC12CCN(Cc1cccc3c1C(=O)N(C1CCC(=O)NC1=O)C3)CC2. The lowest BCUT2D eigenvalue weighted by Crippen LogP contribution is -2.52. The van der Waals surface area contributed by atoms with Crippen LogP contribution in [0.5, 0.6) is 0 Å². The van der Waals surface area contributed by atoms with E-state index in [2.05, 4.69) is 10.2 Å². The Morgan fingerprint density at radius 2 is 1.90 bits per heavy atom. The summed E-state index contributed by atoms with van der Waals surface area (Å²) in [5.74, 6) is -0.699. The van der Waals surface area contributed by atoms with Crippen molar-refractivity contribution in [2.24, 2.45) is 11.1 Å². The summed E-state index contributed by atoms with van der Waals surface area (Å²) in [5.41, 5.74) is 9.52. The number of hydrogen-bond acceptors (Lipinski definition) is 5. The summed E-state index contributed by atoms with van der Waals surface area (Å²) in [6.07, 6.45) is 6.60. The van der Waals surface area contributed by atoms with Crippen molar-refractivity contribution in [1.82, 2.24) is 15.1 Å². The zero-order valence-electron chi connectivity index (χ0n) is 17.4. The van der Waals surface area contributed by atoms with Gasteiger partial charge in [0.2, 0.25) is 11.8 Å². The average Bonchev–Trinajstić information content (AvgIpc) is 3.25. The summed E-state index contributed by atoms with van der Waals surface area (Å²) in [4.78, 5) is 41.1. The number of carbonyl (C=O) groups is 3. The van der Waals surface area contributed by atoms with Crippen LogP contribution in [0.25, 0.3) is 0 Å². The van der Waals surface area contributed by atoms with Crippen LogP contribution in [0.15, 0.2) is 18.2 Å². The predicted molar refractivity (Wildman–Crippen MR) is 111 cm³/mol. The van der Waals surface area contributed by atoms with Crippen molar-refractivity contribution >= 4 is 17.7 Å². The number of nitrogens with zero attached hydrogens (tertiary/aromatic N) is 2. The molecule has 3 heterocycles. The number of nitrogens with two attached hydrogens (primary N) is 1. The second-order valence-corrected chi connectivity index (χ2v) is 9.49. The van der Waals surface area contributed by atoms with Crippen LogP contribution < -0.4 is 11.1 Å². The van der Waals surface area contributed by atoms with Crippen molar-refractivity contribution in [3.63, 3.8) is 0 Å². The number of benzene rings is 1. The molecule has 7 nitrogen and oxygen atoms in total. The third-order valence-electron chi connectivity index (χ3n) is 7.86.